The van der Waals surface area contributed by atoms with Crippen LogP contribution in [0.5, 0.6) is 0 Å². The molecule has 0 aliphatic carbocycles. The van der Waals surface area contributed by atoms with Gasteiger partial charge in [0, 0.05) is 26.2 Å². The Labute approximate surface area is 93.0 Å². The summed E-state index contributed by atoms with van der Waals surface area (Å²) in [5, 5.41) is 3.00. The Bertz CT molecular complexity index is 319. The number of rotatable bonds is 4. The van der Waals surface area contributed by atoms with Gasteiger partial charge in [0.25, 0.3) is 0 Å². The first-order chi connectivity index (χ1) is 7.20. The minimum absolute atomic E-state index is 0.371. The van der Waals surface area contributed by atoms with Crippen molar-refractivity contribution in [3.05, 3.63) is 0 Å². The lowest BCUT2D eigenvalue weighted by molar-refractivity contribution is 0.197. The average Bonchev–Trinajstić information content (AvgIpc) is 2.13. The molecule has 0 aromatic heterocycles. The molecule has 0 radical (unpaired) electrons. The van der Waals surface area contributed by atoms with Gasteiger partial charge in [-0.15, -0.1) is 0 Å². The SMILES string of the molecule is O=P(O)(O)CC(N1CCNCC1)P(=O)(O)O. The van der Waals surface area contributed by atoms with Crippen LogP contribution in [-0.2, 0) is 9.13 Å². The third kappa shape index (κ3) is 4.61. The summed E-state index contributed by atoms with van der Waals surface area (Å²) in [5.74, 6) is -1.39. The predicted molar refractivity (Wildman–Crippen MR) is 57.2 cm³/mol. The number of nitrogens with zero attached hydrogens (tertiary/aromatic N) is 1. The normalized spacial score (nSPS) is 22.0. The first-order valence-electron chi connectivity index (χ1n) is 4.75. The van der Waals surface area contributed by atoms with Gasteiger partial charge >= 0.3 is 15.2 Å². The summed E-state index contributed by atoms with van der Waals surface area (Å²) in [4.78, 5) is 37.2. The predicted octanol–water partition coefficient (Wildman–Crippen LogP) is -1.43. The van der Waals surface area contributed by atoms with E-state index < -0.39 is 27.1 Å². The molecular weight excluding hydrogens is 258 g/mol. The summed E-state index contributed by atoms with van der Waals surface area (Å²) in [6.45, 7) is 1.85. The van der Waals surface area contributed by atoms with Gasteiger partial charge in [-0.2, -0.15) is 0 Å². The Hall–Kier alpha value is 0.220. The fourth-order valence-electron chi connectivity index (χ4n) is 1.63. The molecule has 1 aliphatic heterocycles. The first-order valence-corrected chi connectivity index (χ1v) is 8.22. The zero-order chi connectivity index (χ0) is 12.4. The quantitative estimate of drug-likeness (QED) is 0.394. The second kappa shape index (κ2) is 5.25. The average molecular weight is 274 g/mol. The molecule has 1 rings (SSSR count). The van der Waals surface area contributed by atoms with Crippen LogP contribution in [0, 0.1) is 0 Å². The van der Waals surface area contributed by atoms with E-state index in [0.717, 1.165) is 0 Å². The highest BCUT2D eigenvalue weighted by Gasteiger charge is 2.39. The van der Waals surface area contributed by atoms with Crippen molar-refractivity contribution in [2.75, 3.05) is 32.3 Å². The Morgan fingerprint density at radius 2 is 1.62 bits per heavy atom. The van der Waals surface area contributed by atoms with E-state index in [0.29, 0.717) is 26.2 Å². The van der Waals surface area contributed by atoms with Crippen molar-refractivity contribution in [3.63, 3.8) is 0 Å². The van der Waals surface area contributed by atoms with Crippen LogP contribution in [0.15, 0.2) is 0 Å². The molecule has 96 valence electrons. The minimum Gasteiger partial charge on any atom is -0.324 e. The third-order valence-corrected chi connectivity index (χ3v) is 4.76. The van der Waals surface area contributed by atoms with Gasteiger partial charge in [0.2, 0.25) is 0 Å². The molecule has 0 spiro atoms. The van der Waals surface area contributed by atoms with Crippen LogP contribution in [0.1, 0.15) is 0 Å². The van der Waals surface area contributed by atoms with Crippen molar-refractivity contribution in [1.29, 1.82) is 0 Å². The van der Waals surface area contributed by atoms with Gasteiger partial charge < -0.3 is 24.9 Å². The van der Waals surface area contributed by atoms with Gasteiger partial charge in [0.05, 0.1) is 6.16 Å². The van der Waals surface area contributed by atoms with E-state index in [1.54, 1.807) is 0 Å². The van der Waals surface area contributed by atoms with E-state index in [1.807, 2.05) is 0 Å². The van der Waals surface area contributed by atoms with E-state index in [1.165, 1.54) is 4.90 Å². The minimum atomic E-state index is -4.53. The zero-order valence-electron chi connectivity index (χ0n) is 8.56. The second-order valence-electron chi connectivity index (χ2n) is 3.70. The van der Waals surface area contributed by atoms with E-state index in [4.69, 9.17) is 19.6 Å². The van der Waals surface area contributed by atoms with Gasteiger partial charge in [-0.1, -0.05) is 0 Å². The summed E-state index contributed by atoms with van der Waals surface area (Å²) >= 11 is 0. The highest BCUT2D eigenvalue weighted by molar-refractivity contribution is 7.56. The maximum Gasteiger partial charge on any atom is 0.343 e. The maximum absolute atomic E-state index is 11.2. The molecule has 10 heteroatoms. The summed E-state index contributed by atoms with van der Waals surface area (Å²) < 4.78 is 22.0. The molecule has 1 saturated heterocycles. The van der Waals surface area contributed by atoms with Gasteiger partial charge in [0.15, 0.2) is 0 Å². The van der Waals surface area contributed by atoms with E-state index in [-0.39, 0.29) is 0 Å². The fraction of sp³-hybridized carbons (Fsp3) is 1.00. The molecule has 0 saturated carbocycles. The second-order valence-corrected chi connectivity index (χ2v) is 7.17. The lowest BCUT2D eigenvalue weighted by Crippen LogP contribution is -2.49. The lowest BCUT2D eigenvalue weighted by atomic mass is 10.4. The topological polar surface area (TPSA) is 130 Å². The molecule has 0 aromatic carbocycles. The standard InChI is InChI=1S/C6H16N2O6P2/c9-15(10,11)5-6(16(12,13)14)8-3-1-7-2-4-8/h6-7H,1-5H2,(H2,9,10,11)(H2,12,13,14). The van der Waals surface area contributed by atoms with E-state index >= 15 is 0 Å². The Kier molecular flexibility index (Phi) is 4.68. The van der Waals surface area contributed by atoms with Crippen LogP contribution in [0.2, 0.25) is 0 Å². The molecular formula is C6H16N2O6P2. The van der Waals surface area contributed by atoms with Crippen LogP contribution < -0.4 is 5.32 Å². The van der Waals surface area contributed by atoms with E-state index in [2.05, 4.69) is 5.32 Å². The molecule has 0 bridgehead atoms. The molecule has 1 unspecified atom stereocenters. The Balaban J connectivity index is 2.78. The van der Waals surface area contributed by atoms with Gasteiger partial charge in [-0.3, -0.25) is 14.0 Å². The lowest BCUT2D eigenvalue weighted by Gasteiger charge is -2.34. The van der Waals surface area contributed by atoms with Crippen molar-refractivity contribution >= 4 is 15.2 Å². The van der Waals surface area contributed by atoms with E-state index in [9.17, 15) is 9.13 Å². The first kappa shape index (κ1) is 14.3. The molecule has 8 nitrogen and oxygen atoms in total. The van der Waals surface area contributed by atoms with Crippen molar-refractivity contribution in [3.8, 4) is 0 Å². The highest BCUT2D eigenvalue weighted by atomic mass is 31.2. The largest absolute Gasteiger partial charge is 0.343 e. The number of hydrogen-bond donors (Lipinski definition) is 5. The summed E-state index contributed by atoms with van der Waals surface area (Å²) in [5.41, 5.74) is 0. The monoisotopic (exact) mass is 274 g/mol. The van der Waals surface area contributed by atoms with Crippen LogP contribution in [-0.4, -0.2) is 62.6 Å². The van der Waals surface area contributed by atoms with Crippen LogP contribution >= 0.6 is 15.2 Å². The maximum atomic E-state index is 11.2. The number of hydrogen-bond acceptors (Lipinski definition) is 4. The molecule has 1 aliphatic rings. The third-order valence-electron chi connectivity index (χ3n) is 2.36. The molecule has 1 heterocycles. The van der Waals surface area contributed by atoms with Crippen molar-refractivity contribution in [2.24, 2.45) is 0 Å². The smallest absolute Gasteiger partial charge is 0.324 e. The Morgan fingerprint density at radius 1 is 1.12 bits per heavy atom. The zero-order valence-corrected chi connectivity index (χ0v) is 10.3. The summed E-state index contributed by atoms with van der Waals surface area (Å²) in [6, 6.07) is 0. The van der Waals surface area contributed by atoms with Gasteiger partial charge in [0.1, 0.15) is 5.78 Å². The molecule has 1 fully saturated rings. The van der Waals surface area contributed by atoms with Crippen molar-refractivity contribution in [2.45, 2.75) is 5.78 Å². The van der Waals surface area contributed by atoms with Crippen LogP contribution in [0.3, 0.4) is 0 Å². The molecule has 0 amide bonds. The number of piperazine rings is 1. The highest BCUT2D eigenvalue weighted by Crippen LogP contribution is 2.50. The Morgan fingerprint density at radius 3 is 2.00 bits per heavy atom. The number of nitrogens with one attached hydrogen (secondary N) is 1. The van der Waals surface area contributed by atoms with Crippen LogP contribution in [0.25, 0.3) is 0 Å². The van der Waals surface area contributed by atoms with Crippen LogP contribution in [0.4, 0.5) is 0 Å². The van der Waals surface area contributed by atoms with Crippen molar-refractivity contribution in [1.82, 2.24) is 10.2 Å². The molecule has 1 atom stereocenters. The molecule has 5 N–H and O–H groups in total. The summed E-state index contributed by atoms with van der Waals surface area (Å²) in [7, 11) is -8.97. The molecule has 16 heavy (non-hydrogen) atoms. The summed E-state index contributed by atoms with van der Waals surface area (Å²) in [6.07, 6.45) is -0.808. The molecule has 0 aromatic rings. The van der Waals surface area contributed by atoms with Crippen molar-refractivity contribution < 1.29 is 28.7 Å². The van der Waals surface area contributed by atoms with Gasteiger partial charge in [-0.25, -0.2) is 0 Å². The van der Waals surface area contributed by atoms with Gasteiger partial charge in [-0.05, 0) is 0 Å². The fourth-order valence-corrected chi connectivity index (χ4v) is 4.43.